The Balaban J connectivity index is 2.23. The number of carbonyl (C=O) groups excluding carboxylic acids is 1. The van der Waals surface area contributed by atoms with Gasteiger partial charge in [0.2, 0.25) is 0 Å². The number of nitrogens with zero attached hydrogens (tertiary/aromatic N) is 1. The molecule has 0 fully saturated rings. The molecule has 0 saturated carbocycles. The zero-order chi connectivity index (χ0) is 21.7. The van der Waals surface area contributed by atoms with Crippen molar-refractivity contribution in [3.8, 4) is 11.5 Å². The largest absolute Gasteiger partial charge is 0.508 e. The average Bonchev–Trinajstić information content (AvgIpc) is 2.62. The van der Waals surface area contributed by atoms with Crippen LogP contribution in [0.5, 0.6) is 11.5 Å². The van der Waals surface area contributed by atoms with Crippen LogP contribution in [-0.2, 0) is 10.4 Å². The van der Waals surface area contributed by atoms with Gasteiger partial charge >= 0.3 is 6.18 Å². The molecule has 3 rings (SSSR count). The van der Waals surface area contributed by atoms with E-state index in [9.17, 15) is 32.6 Å². The molecular weight excluding hydrogens is 418 g/mol. The summed E-state index contributed by atoms with van der Waals surface area (Å²) in [5, 5.41) is 20.1. The number of hydrogen-bond acceptors (Lipinski definition) is 4. The van der Waals surface area contributed by atoms with Gasteiger partial charge in [-0.25, -0.2) is 4.39 Å². The number of anilines is 1. The van der Waals surface area contributed by atoms with Gasteiger partial charge in [-0.2, -0.15) is 13.2 Å². The first kappa shape index (κ1) is 21.2. The van der Waals surface area contributed by atoms with Crippen LogP contribution in [0.15, 0.2) is 30.3 Å². The average molecular weight is 434 g/mol. The quantitative estimate of drug-likeness (QED) is 0.715. The summed E-state index contributed by atoms with van der Waals surface area (Å²) in [6.07, 6.45) is -5.30. The van der Waals surface area contributed by atoms with E-state index in [2.05, 4.69) is 0 Å². The van der Waals surface area contributed by atoms with Gasteiger partial charge in [-0.1, -0.05) is 24.6 Å². The lowest BCUT2D eigenvalue weighted by Crippen LogP contribution is -2.47. The van der Waals surface area contributed by atoms with Crippen molar-refractivity contribution in [2.45, 2.75) is 24.6 Å². The molecule has 2 atom stereocenters. The number of hydrogen-bond donors (Lipinski definition) is 2. The molecule has 10 heteroatoms. The van der Waals surface area contributed by atoms with Crippen LogP contribution in [0.2, 0.25) is 5.02 Å². The standard InChI is InChI=1S/C19H16ClF4NO4/c1-9(11-4-3-10(26)5-13(11)20)18(28,19(22,23)24)12-6-15-16(7-14(12)21)29-8-17(27)25(15)2/h3-7,9,26,28H,8H2,1-2H3. The third-order valence-electron chi connectivity index (χ3n) is 5.06. The molecule has 0 radical (unpaired) electrons. The van der Waals surface area contributed by atoms with E-state index >= 15 is 0 Å². The molecule has 29 heavy (non-hydrogen) atoms. The van der Waals surface area contributed by atoms with Gasteiger partial charge in [0.15, 0.2) is 12.2 Å². The van der Waals surface area contributed by atoms with Gasteiger partial charge in [-0.15, -0.1) is 0 Å². The van der Waals surface area contributed by atoms with Crippen LogP contribution < -0.4 is 9.64 Å². The number of alkyl halides is 3. The fraction of sp³-hybridized carbons (Fsp3) is 0.316. The maximum atomic E-state index is 14.8. The second-order valence-electron chi connectivity index (χ2n) is 6.73. The number of ether oxygens (including phenoxy) is 1. The molecule has 1 aliphatic heterocycles. The number of phenolic OH excluding ortho intramolecular Hbond substituents is 1. The van der Waals surface area contributed by atoms with Gasteiger partial charge in [-0.3, -0.25) is 4.79 Å². The van der Waals surface area contributed by atoms with Crippen LogP contribution in [0.1, 0.15) is 24.0 Å². The molecule has 2 aromatic rings. The minimum absolute atomic E-state index is 0.107. The number of phenols is 1. The lowest BCUT2D eigenvalue weighted by molar-refractivity contribution is -0.275. The number of aromatic hydroxyl groups is 1. The van der Waals surface area contributed by atoms with E-state index in [4.69, 9.17) is 16.3 Å². The molecule has 0 saturated heterocycles. The summed E-state index contributed by atoms with van der Waals surface area (Å²) < 4.78 is 62.1. The summed E-state index contributed by atoms with van der Waals surface area (Å²) in [6.45, 7) is 0.654. The van der Waals surface area contributed by atoms with Gasteiger partial charge in [0.1, 0.15) is 17.3 Å². The Hall–Kier alpha value is -2.52. The van der Waals surface area contributed by atoms with Crippen molar-refractivity contribution in [1.29, 1.82) is 0 Å². The number of benzene rings is 2. The van der Waals surface area contributed by atoms with Crippen LogP contribution in [0.4, 0.5) is 23.2 Å². The minimum atomic E-state index is -5.30. The Kier molecular flexibility index (Phi) is 5.17. The van der Waals surface area contributed by atoms with Gasteiger partial charge in [0.05, 0.1) is 5.69 Å². The molecule has 2 aromatic carbocycles. The highest BCUT2D eigenvalue weighted by molar-refractivity contribution is 6.31. The molecule has 2 N–H and O–H groups in total. The summed E-state index contributed by atoms with van der Waals surface area (Å²) in [7, 11) is 1.30. The maximum Gasteiger partial charge on any atom is 0.422 e. The van der Waals surface area contributed by atoms with Gasteiger partial charge in [0.25, 0.3) is 5.91 Å². The Morgan fingerprint density at radius 1 is 1.24 bits per heavy atom. The first-order valence-corrected chi connectivity index (χ1v) is 8.76. The maximum absolute atomic E-state index is 14.8. The van der Waals surface area contributed by atoms with Crippen molar-refractivity contribution in [2.75, 3.05) is 18.6 Å². The number of likely N-dealkylation sites (N-methyl/N-ethyl adjacent to an activating group) is 1. The Bertz CT molecular complexity index is 981. The normalized spacial score (nSPS) is 17.4. The summed E-state index contributed by atoms with van der Waals surface area (Å²) >= 11 is 5.96. The molecule has 0 spiro atoms. The highest BCUT2D eigenvalue weighted by atomic mass is 35.5. The SMILES string of the molecule is CC(c1ccc(O)cc1Cl)C(O)(c1cc2c(cc1F)OCC(=O)N2C)C(F)(F)F. The lowest BCUT2D eigenvalue weighted by atomic mass is 9.77. The molecule has 1 aliphatic rings. The number of amides is 1. The molecule has 2 unspecified atom stereocenters. The second-order valence-corrected chi connectivity index (χ2v) is 7.14. The van der Waals surface area contributed by atoms with E-state index < -0.39 is 35.0 Å². The van der Waals surface area contributed by atoms with E-state index in [1.54, 1.807) is 0 Å². The molecule has 5 nitrogen and oxygen atoms in total. The first-order chi connectivity index (χ1) is 13.4. The predicted molar refractivity (Wildman–Crippen MR) is 96.8 cm³/mol. The van der Waals surface area contributed by atoms with Gasteiger partial charge < -0.3 is 19.8 Å². The van der Waals surface area contributed by atoms with Crippen LogP contribution in [0, 0.1) is 5.82 Å². The van der Waals surface area contributed by atoms with Crippen LogP contribution in [0.25, 0.3) is 0 Å². The fourth-order valence-corrected chi connectivity index (χ4v) is 3.65. The third kappa shape index (κ3) is 3.38. The zero-order valence-corrected chi connectivity index (χ0v) is 16.0. The number of carbonyl (C=O) groups is 1. The van der Waals surface area contributed by atoms with Crippen molar-refractivity contribution in [3.05, 3.63) is 52.3 Å². The van der Waals surface area contributed by atoms with Crippen molar-refractivity contribution in [3.63, 3.8) is 0 Å². The number of fused-ring (bicyclic) bond motifs is 1. The highest BCUT2D eigenvalue weighted by Crippen LogP contribution is 2.52. The Morgan fingerprint density at radius 2 is 1.90 bits per heavy atom. The summed E-state index contributed by atoms with van der Waals surface area (Å²) in [5.41, 5.74) is -5.02. The van der Waals surface area contributed by atoms with Crippen molar-refractivity contribution < 1.29 is 37.3 Å². The van der Waals surface area contributed by atoms with E-state index in [0.29, 0.717) is 6.07 Å². The van der Waals surface area contributed by atoms with Crippen molar-refractivity contribution in [1.82, 2.24) is 0 Å². The monoisotopic (exact) mass is 433 g/mol. The topological polar surface area (TPSA) is 70.0 Å². The first-order valence-electron chi connectivity index (χ1n) is 8.38. The smallest absolute Gasteiger partial charge is 0.422 e. The van der Waals surface area contributed by atoms with E-state index in [-0.39, 0.29) is 34.4 Å². The Morgan fingerprint density at radius 3 is 2.48 bits per heavy atom. The van der Waals surface area contributed by atoms with E-state index in [1.807, 2.05) is 0 Å². The summed E-state index contributed by atoms with van der Waals surface area (Å²) in [5.74, 6) is -4.05. The fourth-order valence-electron chi connectivity index (χ4n) is 3.31. The van der Waals surface area contributed by atoms with Crippen LogP contribution >= 0.6 is 11.6 Å². The minimum Gasteiger partial charge on any atom is -0.508 e. The van der Waals surface area contributed by atoms with Crippen molar-refractivity contribution >= 4 is 23.2 Å². The van der Waals surface area contributed by atoms with Gasteiger partial charge in [-0.05, 0) is 23.8 Å². The molecule has 0 aliphatic carbocycles. The summed E-state index contributed by atoms with van der Waals surface area (Å²) in [6, 6.07) is 4.70. The highest BCUT2D eigenvalue weighted by Gasteiger charge is 2.60. The molecule has 156 valence electrons. The van der Waals surface area contributed by atoms with Crippen molar-refractivity contribution in [2.24, 2.45) is 0 Å². The third-order valence-corrected chi connectivity index (χ3v) is 5.38. The van der Waals surface area contributed by atoms with E-state index in [0.717, 1.165) is 36.1 Å². The lowest BCUT2D eigenvalue weighted by Gasteiger charge is -2.38. The Labute approximate surface area is 168 Å². The number of halogens is 5. The molecule has 0 aromatic heterocycles. The number of aliphatic hydroxyl groups is 1. The zero-order valence-electron chi connectivity index (χ0n) is 15.2. The van der Waals surface area contributed by atoms with Gasteiger partial charge in [0, 0.05) is 29.6 Å². The molecule has 1 amide bonds. The molecular formula is C19H16ClF4NO4. The van der Waals surface area contributed by atoms with E-state index in [1.165, 1.54) is 7.05 Å². The van der Waals surface area contributed by atoms with Crippen LogP contribution in [-0.4, -0.2) is 36.0 Å². The number of rotatable bonds is 3. The predicted octanol–water partition coefficient (Wildman–Crippen LogP) is 4.09. The summed E-state index contributed by atoms with van der Waals surface area (Å²) in [4.78, 5) is 12.8. The second kappa shape index (κ2) is 7.07. The molecule has 1 heterocycles. The van der Waals surface area contributed by atoms with Crippen LogP contribution in [0.3, 0.4) is 0 Å². The molecule has 0 bridgehead atoms.